The minimum atomic E-state index is -0.519. The third-order valence-electron chi connectivity index (χ3n) is 5.38. The standard InChI is InChI=1S/C26H26N6O3/c1-34-19-13-14-20(21(15-19)35-2)30-24-23(27)25(29-16-28-24)31-32-26(33)22(17-9-5-3-6-10-17)18-11-7-4-8-12-18/h3-16,22H,27H2,1-2H3,(H,32,33)(H2,28,29,30,31). The van der Waals surface area contributed by atoms with Gasteiger partial charge in [0, 0.05) is 6.07 Å². The molecule has 0 spiro atoms. The van der Waals surface area contributed by atoms with Gasteiger partial charge in [0.15, 0.2) is 11.6 Å². The SMILES string of the molecule is COc1ccc(Nc2ncnc(NNC(=O)C(c3ccccc3)c3ccccc3)c2N)c(OC)c1. The molecule has 4 aromatic rings. The Morgan fingerprint density at radius 1 is 0.857 bits per heavy atom. The highest BCUT2D eigenvalue weighted by Gasteiger charge is 2.23. The number of aromatic nitrogens is 2. The molecule has 0 aliphatic rings. The van der Waals surface area contributed by atoms with Crippen molar-refractivity contribution in [2.45, 2.75) is 5.92 Å². The van der Waals surface area contributed by atoms with Crippen molar-refractivity contribution >= 4 is 28.9 Å². The van der Waals surface area contributed by atoms with Crippen LogP contribution in [0.1, 0.15) is 17.0 Å². The molecule has 0 fully saturated rings. The molecule has 178 valence electrons. The van der Waals surface area contributed by atoms with Gasteiger partial charge in [-0.3, -0.25) is 15.6 Å². The Labute approximate surface area is 203 Å². The number of carbonyl (C=O) groups is 1. The highest BCUT2D eigenvalue weighted by atomic mass is 16.5. The summed E-state index contributed by atoms with van der Waals surface area (Å²) in [6, 6.07) is 24.4. The van der Waals surface area contributed by atoms with Crippen LogP contribution in [-0.2, 0) is 4.79 Å². The minimum Gasteiger partial charge on any atom is -0.497 e. The molecule has 9 heteroatoms. The number of methoxy groups -OCH3 is 2. The van der Waals surface area contributed by atoms with Crippen molar-refractivity contribution in [3.05, 3.63) is 96.3 Å². The number of hydrazine groups is 1. The lowest BCUT2D eigenvalue weighted by atomic mass is 9.91. The largest absolute Gasteiger partial charge is 0.497 e. The Morgan fingerprint density at radius 2 is 1.49 bits per heavy atom. The van der Waals surface area contributed by atoms with E-state index in [-0.39, 0.29) is 17.4 Å². The molecule has 3 aromatic carbocycles. The van der Waals surface area contributed by atoms with E-state index in [1.165, 1.54) is 6.33 Å². The zero-order valence-corrected chi connectivity index (χ0v) is 19.4. The number of nitrogens with two attached hydrogens (primary N) is 1. The molecular weight excluding hydrogens is 444 g/mol. The van der Waals surface area contributed by atoms with Gasteiger partial charge in [-0.2, -0.15) is 0 Å². The molecule has 0 radical (unpaired) electrons. The Balaban J connectivity index is 1.53. The average Bonchev–Trinajstić information content (AvgIpc) is 2.90. The Kier molecular flexibility index (Phi) is 7.27. The summed E-state index contributed by atoms with van der Waals surface area (Å²) in [6.45, 7) is 0. The Hall–Kier alpha value is -4.79. The summed E-state index contributed by atoms with van der Waals surface area (Å²) in [5.41, 5.74) is 14.5. The summed E-state index contributed by atoms with van der Waals surface area (Å²) in [4.78, 5) is 21.6. The first-order chi connectivity index (χ1) is 17.1. The van der Waals surface area contributed by atoms with Gasteiger partial charge in [0.2, 0.25) is 5.91 Å². The number of ether oxygens (including phenoxy) is 2. The average molecular weight is 471 g/mol. The molecular formula is C26H26N6O3. The number of anilines is 4. The fourth-order valence-corrected chi connectivity index (χ4v) is 3.60. The van der Waals surface area contributed by atoms with E-state index in [0.29, 0.717) is 23.0 Å². The van der Waals surface area contributed by atoms with Gasteiger partial charge in [0.05, 0.1) is 25.8 Å². The van der Waals surface area contributed by atoms with Crippen LogP contribution in [0.25, 0.3) is 0 Å². The number of amides is 1. The smallest absolute Gasteiger partial charge is 0.250 e. The molecule has 1 aromatic heterocycles. The van der Waals surface area contributed by atoms with Crippen LogP contribution in [0.5, 0.6) is 11.5 Å². The first kappa shape index (κ1) is 23.4. The Morgan fingerprint density at radius 3 is 2.09 bits per heavy atom. The van der Waals surface area contributed by atoms with Crippen molar-refractivity contribution in [2.75, 3.05) is 30.7 Å². The van der Waals surface area contributed by atoms with Crippen molar-refractivity contribution in [1.82, 2.24) is 15.4 Å². The fraction of sp³-hybridized carbons (Fsp3) is 0.115. The zero-order chi connectivity index (χ0) is 24.6. The lowest BCUT2D eigenvalue weighted by Crippen LogP contribution is -2.35. The van der Waals surface area contributed by atoms with Crippen LogP contribution >= 0.6 is 0 Å². The molecule has 1 amide bonds. The third kappa shape index (κ3) is 5.41. The zero-order valence-electron chi connectivity index (χ0n) is 19.4. The molecule has 0 saturated heterocycles. The summed E-state index contributed by atoms with van der Waals surface area (Å²) >= 11 is 0. The van der Waals surface area contributed by atoms with E-state index in [9.17, 15) is 4.79 Å². The second kappa shape index (κ2) is 10.9. The van der Waals surface area contributed by atoms with Crippen molar-refractivity contribution in [1.29, 1.82) is 0 Å². The minimum absolute atomic E-state index is 0.224. The van der Waals surface area contributed by atoms with Gasteiger partial charge < -0.3 is 20.5 Å². The van der Waals surface area contributed by atoms with Crippen molar-refractivity contribution in [2.24, 2.45) is 0 Å². The predicted molar refractivity (Wildman–Crippen MR) is 136 cm³/mol. The lowest BCUT2D eigenvalue weighted by Gasteiger charge is -2.19. The normalized spacial score (nSPS) is 10.5. The third-order valence-corrected chi connectivity index (χ3v) is 5.38. The molecule has 0 saturated carbocycles. The first-order valence-electron chi connectivity index (χ1n) is 10.9. The molecule has 0 aliphatic carbocycles. The van der Waals surface area contributed by atoms with E-state index in [1.54, 1.807) is 32.4 Å². The summed E-state index contributed by atoms with van der Waals surface area (Å²) in [6.07, 6.45) is 1.34. The number of hydrogen-bond donors (Lipinski definition) is 4. The van der Waals surface area contributed by atoms with E-state index in [4.69, 9.17) is 15.2 Å². The van der Waals surface area contributed by atoms with Gasteiger partial charge in [-0.1, -0.05) is 60.7 Å². The van der Waals surface area contributed by atoms with E-state index in [2.05, 4.69) is 26.1 Å². The summed E-state index contributed by atoms with van der Waals surface area (Å²) in [5, 5.41) is 3.14. The van der Waals surface area contributed by atoms with Crippen LogP contribution in [-0.4, -0.2) is 30.1 Å². The number of benzene rings is 3. The number of carbonyl (C=O) groups excluding carboxylic acids is 1. The van der Waals surface area contributed by atoms with Gasteiger partial charge >= 0.3 is 0 Å². The molecule has 0 bridgehead atoms. The molecule has 35 heavy (non-hydrogen) atoms. The van der Waals surface area contributed by atoms with Crippen LogP contribution in [0.15, 0.2) is 85.2 Å². The van der Waals surface area contributed by atoms with Crippen LogP contribution in [0.4, 0.5) is 23.0 Å². The second-order valence-corrected chi connectivity index (χ2v) is 7.54. The second-order valence-electron chi connectivity index (χ2n) is 7.54. The van der Waals surface area contributed by atoms with Crippen LogP contribution in [0, 0.1) is 0 Å². The van der Waals surface area contributed by atoms with Gasteiger partial charge in [0.1, 0.15) is 23.5 Å². The Bertz CT molecular complexity index is 1250. The molecule has 0 atom stereocenters. The molecule has 9 nitrogen and oxygen atoms in total. The highest BCUT2D eigenvalue weighted by Crippen LogP contribution is 2.33. The quantitative estimate of drug-likeness (QED) is 0.270. The van der Waals surface area contributed by atoms with Crippen molar-refractivity contribution in [3.8, 4) is 11.5 Å². The first-order valence-corrected chi connectivity index (χ1v) is 10.9. The van der Waals surface area contributed by atoms with Gasteiger partial charge in [-0.25, -0.2) is 9.97 Å². The molecule has 1 heterocycles. The van der Waals surface area contributed by atoms with E-state index in [0.717, 1.165) is 11.1 Å². The maximum absolute atomic E-state index is 13.2. The number of nitrogens with zero attached hydrogens (tertiary/aromatic N) is 2. The van der Waals surface area contributed by atoms with Gasteiger partial charge in [0.25, 0.3) is 0 Å². The van der Waals surface area contributed by atoms with E-state index >= 15 is 0 Å². The van der Waals surface area contributed by atoms with Crippen molar-refractivity contribution < 1.29 is 14.3 Å². The highest BCUT2D eigenvalue weighted by molar-refractivity contribution is 5.89. The van der Waals surface area contributed by atoms with Gasteiger partial charge in [-0.05, 0) is 23.3 Å². The van der Waals surface area contributed by atoms with Crippen LogP contribution in [0.2, 0.25) is 0 Å². The fourth-order valence-electron chi connectivity index (χ4n) is 3.60. The maximum atomic E-state index is 13.2. The predicted octanol–water partition coefficient (Wildman–Crippen LogP) is 4.09. The number of hydrogen-bond acceptors (Lipinski definition) is 8. The number of nitrogen functional groups attached to an aromatic ring is 1. The summed E-state index contributed by atoms with van der Waals surface area (Å²) in [5.74, 6) is 1.03. The maximum Gasteiger partial charge on any atom is 0.250 e. The molecule has 0 unspecified atom stereocenters. The lowest BCUT2D eigenvalue weighted by molar-refractivity contribution is -0.121. The van der Waals surface area contributed by atoms with Gasteiger partial charge in [-0.15, -0.1) is 0 Å². The topological polar surface area (TPSA) is 123 Å². The van der Waals surface area contributed by atoms with Crippen LogP contribution in [0.3, 0.4) is 0 Å². The molecule has 0 aliphatic heterocycles. The summed E-state index contributed by atoms with van der Waals surface area (Å²) in [7, 11) is 3.14. The van der Waals surface area contributed by atoms with E-state index in [1.807, 2.05) is 60.7 Å². The van der Waals surface area contributed by atoms with E-state index < -0.39 is 5.92 Å². The summed E-state index contributed by atoms with van der Waals surface area (Å²) < 4.78 is 10.7. The molecule has 5 N–H and O–H groups in total. The van der Waals surface area contributed by atoms with Crippen molar-refractivity contribution in [3.63, 3.8) is 0 Å². The number of rotatable bonds is 9. The number of nitrogens with one attached hydrogen (secondary N) is 3. The molecule has 4 rings (SSSR count). The monoisotopic (exact) mass is 470 g/mol. The van der Waals surface area contributed by atoms with Crippen LogP contribution < -0.4 is 31.4 Å².